The highest BCUT2D eigenvalue weighted by Gasteiger charge is 2.30. The minimum absolute atomic E-state index is 0.252. The van der Waals surface area contributed by atoms with E-state index in [1.54, 1.807) is 23.6 Å². The summed E-state index contributed by atoms with van der Waals surface area (Å²) in [6.07, 6.45) is 3.96. The van der Waals surface area contributed by atoms with Crippen LogP contribution >= 0.6 is 11.3 Å². The summed E-state index contributed by atoms with van der Waals surface area (Å²) in [5.41, 5.74) is 2.32. The summed E-state index contributed by atoms with van der Waals surface area (Å²) in [7, 11) is 0. The fourth-order valence-corrected chi connectivity index (χ4v) is 3.92. The molecule has 6 heteroatoms. The van der Waals surface area contributed by atoms with E-state index in [1.165, 1.54) is 12.1 Å². The van der Waals surface area contributed by atoms with Crippen molar-refractivity contribution in [1.82, 2.24) is 4.98 Å². The monoisotopic (exact) mass is 376 g/mol. The molecule has 1 N–H and O–H groups in total. The van der Waals surface area contributed by atoms with Crippen molar-refractivity contribution in [3.8, 4) is 0 Å². The van der Waals surface area contributed by atoms with Crippen molar-refractivity contribution in [3.05, 3.63) is 81.9 Å². The zero-order valence-electron chi connectivity index (χ0n) is 14.5. The largest absolute Gasteiger partial charge is 0.326 e. The molecule has 0 saturated heterocycles. The normalized spacial score (nSPS) is 20.6. The molecule has 27 heavy (non-hydrogen) atoms. The van der Waals surface area contributed by atoms with Crippen molar-refractivity contribution in [2.24, 2.45) is 9.98 Å². The summed E-state index contributed by atoms with van der Waals surface area (Å²) < 4.78 is 13.9. The molecule has 1 aliphatic heterocycles. The summed E-state index contributed by atoms with van der Waals surface area (Å²) in [5, 5.41) is 5.46. The third-order valence-corrected chi connectivity index (χ3v) is 5.53. The second kappa shape index (κ2) is 6.70. The van der Waals surface area contributed by atoms with Crippen LogP contribution in [0.4, 0.5) is 10.2 Å². The predicted molar refractivity (Wildman–Crippen MR) is 107 cm³/mol. The third kappa shape index (κ3) is 3.28. The Hall–Kier alpha value is -2.86. The van der Waals surface area contributed by atoms with Gasteiger partial charge in [0.25, 0.3) is 0 Å². The van der Waals surface area contributed by atoms with Gasteiger partial charge in [-0.25, -0.2) is 9.37 Å². The van der Waals surface area contributed by atoms with Crippen LogP contribution < -0.4 is 5.32 Å². The number of amidine groups is 1. The smallest absolute Gasteiger partial charge is 0.142 e. The SMILES string of the molecule is Fc1cccc(C2=NC(c3cccs3)C(=NC3CC3)Nc3ncccc32)c1. The van der Waals surface area contributed by atoms with Crippen LogP contribution in [0.15, 0.2) is 70.1 Å². The maximum Gasteiger partial charge on any atom is 0.142 e. The second-order valence-electron chi connectivity index (χ2n) is 6.68. The summed E-state index contributed by atoms with van der Waals surface area (Å²) in [6, 6.07) is 14.6. The van der Waals surface area contributed by atoms with Gasteiger partial charge in [0.05, 0.1) is 11.8 Å². The lowest BCUT2D eigenvalue weighted by molar-refractivity contribution is 0.627. The number of hydrogen-bond acceptors (Lipinski definition) is 4. The van der Waals surface area contributed by atoms with E-state index in [9.17, 15) is 4.39 Å². The summed E-state index contributed by atoms with van der Waals surface area (Å²) in [6.45, 7) is 0. The Bertz CT molecular complexity index is 1040. The van der Waals surface area contributed by atoms with Crippen molar-refractivity contribution < 1.29 is 4.39 Å². The number of hydrogen-bond donors (Lipinski definition) is 1. The predicted octanol–water partition coefficient (Wildman–Crippen LogP) is 4.85. The van der Waals surface area contributed by atoms with Crippen LogP contribution in [0.2, 0.25) is 0 Å². The lowest BCUT2D eigenvalue weighted by atomic mass is 10.0. The first-order valence-electron chi connectivity index (χ1n) is 8.95. The van der Waals surface area contributed by atoms with Crippen molar-refractivity contribution in [3.63, 3.8) is 0 Å². The Morgan fingerprint density at radius 1 is 1.11 bits per heavy atom. The molecule has 134 valence electrons. The highest BCUT2D eigenvalue weighted by molar-refractivity contribution is 7.10. The molecule has 1 fully saturated rings. The molecular weight excluding hydrogens is 359 g/mol. The highest BCUT2D eigenvalue weighted by atomic mass is 32.1. The maximum atomic E-state index is 13.9. The number of aromatic nitrogens is 1. The molecule has 1 aliphatic carbocycles. The summed E-state index contributed by atoms with van der Waals surface area (Å²) in [5.74, 6) is 1.24. The van der Waals surface area contributed by atoms with E-state index in [0.717, 1.165) is 40.4 Å². The Morgan fingerprint density at radius 3 is 2.81 bits per heavy atom. The van der Waals surface area contributed by atoms with Gasteiger partial charge in [0.1, 0.15) is 23.5 Å². The van der Waals surface area contributed by atoms with Gasteiger partial charge in [-0.15, -0.1) is 11.3 Å². The standard InChI is InChI=1S/C21H17FN4S/c22-14-5-1-4-13(12-14)18-16-6-2-10-23-20(16)26-21(24-15-8-9-15)19(25-18)17-7-3-11-27-17/h1-7,10-12,15,19H,8-9H2,(H,23,24,26). The van der Waals surface area contributed by atoms with E-state index in [2.05, 4.69) is 16.4 Å². The Morgan fingerprint density at radius 2 is 2.04 bits per heavy atom. The van der Waals surface area contributed by atoms with Crippen molar-refractivity contribution in [1.29, 1.82) is 0 Å². The molecule has 2 aliphatic rings. The van der Waals surface area contributed by atoms with Gasteiger partial charge in [0, 0.05) is 22.2 Å². The number of thiophene rings is 1. The number of aliphatic imine (C=N–C) groups is 2. The third-order valence-electron chi connectivity index (χ3n) is 4.61. The number of fused-ring (bicyclic) bond motifs is 1. The number of pyridine rings is 1. The molecule has 4 nitrogen and oxygen atoms in total. The average molecular weight is 376 g/mol. The van der Waals surface area contributed by atoms with E-state index in [4.69, 9.17) is 9.98 Å². The molecule has 1 aromatic carbocycles. The number of halogens is 1. The zero-order valence-corrected chi connectivity index (χ0v) is 15.3. The minimum atomic E-state index is -0.280. The molecule has 0 amide bonds. The van der Waals surface area contributed by atoms with E-state index < -0.39 is 0 Å². The molecular formula is C21H17FN4S. The van der Waals surface area contributed by atoms with Crippen LogP contribution in [0.3, 0.4) is 0 Å². The van der Waals surface area contributed by atoms with Crippen LogP contribution in [0.5, 0.6) is 0 Å². The second-order valence-corrected chi connectivity index (χ2v) is 7.66. The van der Waals surface area contributed by atoms with Gasteiger partial charge in [0.2, 0.25) is 0 Å². The molecule has 1 saturated carbocycles. The van der Waals surface area contributed by atoms with Gasteiger partial charge < -0.3 is 5.32 Å². The Balaban J connectivity index is 1.73. The number of anilines is 1. The van der Waals surface area contributed by atoms with E-state index in [0.29, 0.717) is 11.9 Å². The molecule has 0 radical (unpaired) electrons. The molecule has 5 rings (SSSR count). The first kappa shape index (κ1) is 16.3. The number of nitrogens with zero attached hydrogens (tertiary/aromatic N) is 3. The fraction of sp³-hybridized carbons (Fsp3) is 0.190. The van der Waals surface area contributed by atoms with Crippen LogP contribution in [-0.4, -0.2) is 22.6 Å². The summed E-state index contributed by atoms with van der Waals surface area (Å²) in [4.78, 5) is 15.5. The lowest BCUT2D eigenvalue weighted by Gasteiger charge is -2.14. The van der Waals surface area contributed by atoms with E-state index in [-0.39, 0.29) is 11.9 Å². The van der Waals surface area contributed by atoms with Gasteiger partial charge in [-0.2, -0.15) is 0 Å². The molecule has 0 bridgehead atoms. The molecule has 3 aromatic rings. The Labute approximate surface area is 160 Å². The van der Waals surface area contributed by atoms with Crippen molar-refractivity contribution >= 4 is 28.7 Å². The number of nitrogens with one attached hydrogen (secondary N) is 1. The number of rotatable bonds is 3. The van der Waals surface area contributed by atoms with Crippen LogP contribution in [0, 0.1) is 5.82 Å². The fourth-order valence-electron chi connectivity index (χ4n) is 3.16. The first-order chi connectivity index (χ1) is 13.3. The molecule has 0 spiro atoms. The molecule has 1 atom stereocenters. The van der Waals surface area contributed by atoms with Crippen LogP contribution in [0.25, 0.3) is 0 Å². The van der Waals surface area contributed by atoms with Crippen LogP contribution in [0.1, 0.15) is 34.9 Å². The Kier molecular flexibility index (Phi) is 4.05. The highest BCUT2D eigenvalue weighted by Crippen LogP contribution is 2.33. The van der Waals surface area contributed by atoms with Gasteiger partial charge in [-0.3, -0.25) is 9.98 Å². The first-order valence-corrected chi connectivity index (χ1v) is 9.83. The van der Waals surface area contributed by atoms with E-state index >= 15 is 0 Å². The van der Waals surface area contributed by atoms with Gasteiger partial charge in [0.15, 0.2) is 0 Å². The quantitative estimate of drug-likeness (QED) is 0.711. The van der Waals surface area contributed by atoms with Gasteiger partial charge >= 0.3 is 0 Å². The zero-order chi connectivity index (χ0) is 18.2. The maximum absolute atomic E-state index is 13.9. The van der Waals surface area contributed by atoms with E-state index in [1.807, 2.05) is 29.6 Å². The van der Waals surface area contributed by atoms with Gasteiger partial charge in [-0.1, -0.05) is 18.2 Å². The molecule has 1 unspecified atom stereocenters. The van der Waals surface area contributed by atoms with Crippen molar-refractivity contribution in [2.45, 2.75) is 24.9 Å². The minimum Gasteiger partial charge on any atom is -0.326 e. The number of benzene rings is 1. The molecule has 3 heterocycles. The van der Waals surface area contributed by atoms with Gasteiger partial charge in [-0.05, 0) is 48.6 Å². The van der Waals surface area contributed by atoms with Crippen LogP contribution in [-0.2, 0) is 0 Å². The average Bonchev–Trinajstić information content (AvgIpc) is 3.37. The lowest BCUT2D eigenvalue weighted by Crippen LogP contribution is -2.20. The summed E-state index contributed by atoms with van der Waals surface area (Å²) >= 11 is 1.65. The topological polar surface area (TPSA) is 49.6 Å². The molecule has 2 aromatic heterocycles. The van der Waals surface area contributed by atoms with Crippen molar-refractivity contribution in [2.75, 3.05) is 5.32 Å².